The van der Waals surface area contributed by atoms with Crippen molar-refractivity contribution in [2.24, 2.45) is 10.2 Å². The van der Waals surface area contributed by atoms with Crippen LogP contribution in [-0.4, -0.2) is 37.5 Å². The van der Waals surface area contributed by atoms with E-state index in [-0.39, 0.29) is 24.7 Å². The Morgan fingerprint density at radius 2 is 1.16 bits per heavy atom. The second-order valence-electron chi connectivity index (χ2n) is 6.74. The van der Waals surface area contributed by atoms with Gasteiger partial charge in [-0.25, -0.2) is 10.9 Å². The molecular weight excluding hydrogens is 408 g/mol. The van der Waals surface area contributed by atoms with E-state index in [0.29, 0.717) is 37.6 Å². The van der Waals surface area contributed by atoms with Crippen LogP contribution >= 0.6 is 0 Å². The fourth-order valence-electron chi connectivity index (χ4n) is 2.78. The van der Waals surface area contributed by atoms with E-state index in [0.717, 1.165) is 11.1 Å². The molecule has 8 heteroatoms. The number of amides is 2. The van der Waals surface area contributed by atoms with E-state index in [1.807, 2.05) is 62.4 Å². The van der Waals surface area contributed by atoms with Crippen molar-refractivity contribution in [3.63, 3.8) is 0 Å². The number of rotatable bonds is 13. The van der Waals surface area contributed by atoms with Gasteiger partial charge in [-0.3, -0.25) is 9.59 Å². The van der Waals surface area contributed by atoms with Gasteiger partial charge < -0.3 is 9.47 Å². The minimum Gasteiger partial charge on any atom is -0.493 e. The molecule has 170 valence electrons. The van der Waals surface area contributed by atoms with Crippen molar-refractivity contribution in [2.75, 3.05) is 13.2 Å². The van der Waals surface area contributed by atoms with Gasteiger partial charge >= 0.3 is 0 Å². The largest absolute Gasteiger partial charge is 0.493 e. The minimum absolute atomic E-state index is 0.207. The average Bonchev–Trinajstić information content (AvgIpc) is 2.79. The number of ether oxygens (including phenoxy) is 2. The van der Waals surface area contributed by atoms with Crippen molar-refractivity contribution in [1.29, 1.82) is 0 Å². The molecule has 2 aromatic rings. The zero-order valence-corrected chi connectivity index (χ0v) is 18.5. The molecule has 0 bridgehead atoms. The van der Waals surface area contributed by atoms with Crippen molar-refractivity contribution in [1.82, 2.24) is 10.9 Å². The fourth-order valence-corrected chi connectivity index (χ4v) is 2.78. The van der Waals surface area contributed by atoms with Gasteiger partial charge in [-0.2, -0.15) is 10.2 Å². The molecule has 0 spiro atoms. The number of para-hydroxylation sites is 2. The molecule has 32 heavy (non-hydrogen) atoms. The zero-order chi connectivity index (χ0) is 23.0. The van der Waals surface area contributed by atoms with Crippen LogP contribution in [0.2, 0.25) is 0 Å². The lowest BCUT2D eigenvalue weighted by Crippen LogP contribution is -2.19. The molecule has 0 saturated carbocycles. The number of nitrogens with one attached hydrogen (secondary N) is 2. The highest BCUT2D eigenvalue weighted by atomic mass is 16.5. The Morgan fingerprint density at radius 3 is 1.56 bits per heavy atom. The minimum atomic E-state index is -0.207. The first-order valence-electron chi connectivity index (χ1n) is 10.7. The second-order valence-corrected chi connectivity index (χ2v) is 6.74. The third-order valence-corrected chi connectivity index (χ3v) is 4.28. The average molecular weight is 439 g/mol. The van der Waals surface area contributed by atoms with Gasteiger partial charge in [0.05, 0.1) is 25.6 Å². The molecule has 0 heterocycles. The number of hydrogen-bond acceptors (Lipinski definition) is 6. The monoisotopic (exact) mass is 438 g/mol. The summed E-state index contributed by atoms with van der Waals surface area (Å²) in [7, 11) is 0. The Hall–Kier alpha value is -3.68. The maximum atomic E-state index is 11.9. The third-order valence-electron chi connectivity index (χ3n) is 4.28. The number of hydrogen-bond donors (Lipinski definition) is 2. The summed E-state index contributed by atoms with van der Waals surface area (Å²) >= 11 is 0. The lowest BCUT2D eigenvalue weighted by atomic mass is 10.2. The molecule has 2 amide bonds. The first kappa shape index (κ1) is 24.6. The molecule has 0 unspecified atom stereocenters. The van der Waals surface area contributed by atoms with E-state index in [2.05, 4.69) is 21.1 Å². The maximum absolute atomic E-state index is 11.9. The summed E-state index contributed by atoms with van der Waals surface area (Å²) in [6.07, 6.45) is 4.81. The third kappa shape index (κ3) is 8.99. The van der Waals surface area contributed by atoms with Crippen molar-refractivity contribution < 1.29 is 19.1 Å². The number of benzene rings is 2. The van der Waals surface area contributed by atoms with Crippen LogP contribution in [0.4, 0.5) is 0 Å². The van der Waals surface area contributed by atoms with E-state index < -0.39 is 0 Å². The zero-order valence-electron chi connectivity index (χ0n) is 18.5. The lowest BCUT2D eigenvalue weighted by Gasteiger charge is -2.06. The number of carbonyl (C=O) groups excluding carboxylic acids is 2. The van der Waals surface area contributed by atoms with Crippen LogP contribution in [0.3, 0.4) is 0 Å². The van der Waals surface area contributed by atoms with Crippen LogP contribution in [0.5, 0.6) is 11.5 Å². The molecule has 0 atom stereocenters. The van der Waals surface area contributed by atoms with Gasteiger partial charge in [-0.15, -0.1) is 0 Å². The van der Waals surface area contributed by atoms with Crippen molar-refractivity contribution >= 4 is 24.2 Å². The first-order chi connectivity index (χ1) is 15.6. The Bertz CT molecular complexity index is 852. The maximum Gasteiger partial charge on any atom is 0.240 e. The number of carbonyl (C=O) groups is 2. The summed E-state index contributed by atoms with van der Waals surface area (Å²) in [5, 5.41) is 7.95. The number of unbranched alkanes of at least 4 members (excludes halogenated alkanes) is 1. The van der Waals surface area contributed by atoms with E-state index in [9.17, 15) is 9.59 Å². The molecule has 2 rings (SSSR count). The van der Waals surface area contributed by atoms with Crippen molar-refractivity contribution in [3.05, 3.63) is 59.7 Å². The van der Waals surface area contributed by atoms with Gasteiger partial charge in [0.25, 0.3) is 0 Å². The van der Waals surface area contributed by atoms with Crippen LogP contribution in [0.15, 0.2) is 58.7 Å². The van der Waals surface area contributed by atoms with Crippen molar-refractivity contribution in [2.45, 2.75) is 39.5 Å². The predicted molar refractivity (Wildman–Crippen MR) is 125 cm³/mol. The second kappa shape index (κ2) is 14.3. The van der Waals surface area contributed by atoms with Gasteiger partial charge in [0.1, 0.15) is 11.5 Å². The molecule has 0 radical (unpaired) electrons. The summed E-state index contributed by atoms with van der Waals surface area (Å²) in [5.74, 6) is 1.01. The molecule has 2 N–H and O–H groups in total. The highest BCUT2D eigenvalue weighted by Crippen LogP contribution is 2.16. The summed E-state index contributed by atoms with van der Waals surface area (Å²) in [6.45, 7) is 4.92. The summed E-state index contributed by atoms with van der Waals surface area (Å²) < 4.78 is 11.0. The highest BCUT2D eigenvalue weighted by molar-refractivity contribution is 5.86. The van der Waals surface area contributed by atoms with E-state index in [4.69, 9.17) is 9.47 Å². The Kier molecular flexibility index (Phi) is 11.0. The van der Waals surface area contributed by atoms with Crippen LogP contribution in [0, 0.1) is 0 Å². The molecule has 2 aromatic carbocycles. The van der Waals surface area contributed by atoms with Gasteiger partial charge in [0.2, 0.25) is 11.8 Å². The molecule has 0 aliphatic heterocycles. The molecule has 0 aliphatic carbocycles. The lowest BCUT2D eigenvalue weighted by molar-refractivity contribution is -0.123. The highest BCUT2D eigenvalue weighted by Gasteiger charge is 2.04. The van der Waals surface area contributed by atoms with E-state index in [1.165, 1.54) is 0 Å². The van der Waals surface area contributed by atoms with E-state index >= 15 is 0 Å². The van der Waals surface area contributed by atoms with Crippen LogP contribution in [0.1, 0.15) is 50.7 Å². The summed E-state index contributed by atoms with van der Waals surface area (Å²) in [6, 6.07) is 14.9. The Morgan fingerprint density at radius 1 is 0.750 bits per heavy atom. The quantitative estimate of drug-likeness (QED) is 0.283. The SMILES string of the molecule is CCOc1ccccc1/C=N\NC(=O)CCCCC(=O)N/N=C\c1ccccc1OCC. The number of hydrazone groups is 2. The first-order valence-corrected chi connectivity index (χ1v) is 10.7. The molecule has 0 saturated heterocycles. The van der Waals surface area contributed by atoms with Gasteiger partial charge in [-0.1, -0.05) is 24.3 Å². The summed E-state index contributed by atoms with van der Waals surface area (Å²) in [5.41, 5.74) is 6.57. The number of nitrogens with zero attached hydrogens (tertiary/aromatic N) is 2. The van der Waals surface area contributed by atoms with Crippen molar-refractivity contribution in [3.8, 4) is 11.5 Å². The summed E-state index contributed by atoms with van der Waals surface area (Å²) in [4.78, 5) is 23.8. The smallest absolute Gasteiger partial charge is 0.240 e. The van der Waals surface area contributed by atoms with Crippen LogP contribution in [0.25, 0.3) is 0 Å². The molecule has 0 aliphatic rings. The topological polar surface area (TPSA) is 101 Å². The fraction of sp³-hybridized carbons (Fsp3) is 0.333. The molecular formula is C24H30N4O4. The van der Waals surface area contributed by atoms with Gasteiger partial charge in [0, 0.05) is 24.0 Å². The molecule has 0 fully saturated rings. The van der Waals surface area contributed by atoms with Gasteiger partial charge in [-0.05, 0) is 51.0 Å². The van der Waals surface area contributed by atoms with Crippen LogP contribution < -0.4 is 20.3 Å². The Labute approximate surface area is 188 Å². The van der Waals surface area contributed by atoms with Crippen LogP contribution in [-0.2, 0) is 9.59 Å². The molecule has 8 nitrogen and oxygen atoms in total. The Balaban J connectivity index is 1.65. The predicted octanol–water partition coefficient (Wildman–Crippen LogP) is 3.64. The molecule has 0 aromatic heterocycles. The van der Waals surface area contributed by atoms with Gasteiger partial charge in [0.15, 0.2) is 0 Å². The standard InChI is InChI=1S/C24H30N4O4/c1-3-31-21-13-7-5-11-19(21)17-25-27-23(29)15-9-10-16-24(30)28-26-18-20-12-6-8-14-22(20)32-4-2/h5-8,11-14,17-18H,3-4,9-10,15-16H2,1-2H3,(H,27,29)(H,28,30)/b25-17-,26-18-. The normalized spacial score (nSPS) is 10.9. The van der Waals surface area contributed by atoms with E-state index in [1.54, 1.807) is 12.4 Å².